The Morgan fingerprint density at radius 3 is 1.70 bits per heavy atom. The maximum absolute atomic E-state index is 13.7. The number of carbonyl (C=O) groups excluding carboxylic acids is 3. The Hall–Kier alpha value is -3.91. The van der Waals surface area contributed by atoms with Gasteiger partial charge in [-0.25, -0.2) is 19.2 Å². The van der Waals surface area contributed by atoms with Crippen molar-refractivity contribution in [1.29, 1.82) is 0 Å². The highest BCUT2D eigenvalue weighted by atomic mass is 16.4. The van der Waals surface area contributed by atoms with Crippen LogP contribution in [-0.2, 0) is 28.8 Å². The number of ketones is 1. The quantitative estimate of drug-likeness (QED) is 0.0412. The lowest BCUT2D eigenvalue weighted by Crippen LogP contribution is -2.85. The molecule has 0 aromatic carbocycles. The van der Waals surface area contributed by atoms with Crippen LogP contribution in [0.15, 0.2) is 0 Å². The van der Waals surface area contributed by atoms with Gasteiger partial charge < -0.3 is 42.1 Å². The van der Waals surface area contributed by atoms with E-state index >= 15 is 0 Å². The van der Waals surface area contributed by atoms with Crippen LogP contribution in [0, 0.1) is 0 Å². The number of urea groups is 1. The lowest BCUT2D eigenvalue weighted by Gasteiger charge is -2.49. The summed E-state index contributed by atoms with van der Waals surface area (Å²) in [5.74, 6) is -4.93. The van der Waals surface area contributed by atoms with E-state index in [-0.39, 0.29) is 63.7 Å². The maximum atomic E-state index is 13.7. The van der Waals surface area contributed by atoms with E-state index in [1.165, 1.54) is 0 Å². The Morgan fingerprint density at radius 2 is 1.15 bits per heavy atom. The number of nitrogens with two attached hydrogens (primary N) is 1. The molecule has 53 heavy (non-hydrogen) atoms. The van der Waals surface area contributed by atoms with Gasteiger partial charge in [0.05, 0.1) is 13.1 Å². The van der Waals surface area contributed by atoms with Gasteiger partial charge in [0, 0.05) is 25.9 Å². The number of unbranched alkanes of at least 4 members (excludes halogenated alkanes) is 3. The zero-order chi connectivity index (χ0) is 39.1. The van der Waals surface area contributed by atoms with Gasteiger partial charge in [0.2, 0.25) is 5.91 Å². The molecule has 3 unspecified atom stereocenters. The third-order valence-electron chi connectivity index (χ3n) is 12.4. The first-order valence-corrected chi connectivity index (χ1v) is 18.9. The molecular formula is C34H60N8O11+4. The second kappa shape index (κ2) is 17.0. The highest BCUT2D eigenvalue weighted by molar-refractivity contribution is 5.82. The third-order valence-corrected chi connectivity index (χ3v) is 12.4. The topological polar surface area (TPSA) is 263 Å². The van der Waals surface area contributed by atoms with Crippen LogP contribution in [0.2, 0.25) is 0 Å². The number of hydrogen-bond donors (Lipinski definition) is 8. The van der Waals surface area contributed by atoms with Gasteiger partial charge in [0.1, 0.15) is 58.4 Å². The molecule has 9 N–H and O–H groups in total. The number of rotatable bonds is 24. The SMILES string of the molecule is C[N+]12CC[N+]3(CC(=O)O)CC[N+]4(CC(=O)O)CC[N@+](CC(=O)CCCCC[C@@H](N)C(=O)NCCCC[C@H](NC(=O)NCCCC(=O)O)C(=O)O)(CC1)[C@]234. The molecule has 1 spiro atoms. The Bertz CT molecular complexity index is 1410. The minimum Gasteiger partial charge on any atom is -0.481 e. The van der Waals surface area contributed by atoms with Crippen molar-refractivity contribution >= 4 is 41.6 Å². The van der Waals surface area contributed by atoms with Crippen LogP contribution < -0.4 is 21.7 Å². The van der Waals surface area contributed by atoms with Crippen molar-refractivity contribution in [2.24, 2.45) is 5.73 Å². The normalized spacial score (nSPS) is 30.5. The molecule has 7 atom stereocenters. The minimum atomic E-state index is -1.20. The summed E-state index contributed by atoms with van der Waals surface area (Å²) in [6, 6.07) is -2.57. The van der Waals surface area contributed by atoms with Crippen LogP contribution in [0.1, 0.15) is 64.2 Å². The summed E-state index contributed by atoms with van der Waals surface area (Å²) < 4.78 is 1.71. The molecule has 4 rings (SSSR count). The number of nitrogens with one attached hydrogen (secondary N) is 3. The first kappa shape index (κ1) is 41.8. The molecule has 19 heteroatoms. The highest BCUT2D eigenvalue weighted by Crippen LogP contribution is 2.61. The number of aliphatic carboxylic acids is 4. The summed E-state index contributed by atoms with van der Waals surface area (Å²) >= 11 is 0. The van der Waals surface area contributed by atoms with Crippen LogP contribution in [0.4, 0.5) is 4.79 Å². The van der Waals surface area contributed by atoms with Gasteiger partial charge >= 0.3 is 35.8 Å². The molecule has 3 amide bonds. The molecule has 4 aliphatic rings. The number of likely N-dealkylation sites (N-methyl/N-ethyl adjacent to an activating group) is 1. The lowest BCUT2D eigenvalue weighted by molar-refractivity contribution is -1.36. The smallest absolute Gasteiger partial charge is 0.481 e. The van der Waals surface area contributed by atoms with Gasteiger partial charge in [-0.2, -0.15) is 8.97 Å². The average molecular weight is 757 g/mol. The molecule has 4 heterocycles. The van der Waals surface area contributed by atoms with E-state index in [4.69, 9.17) is 10.8 Å². The number of nitrogens with zero attached hydrogens (tertiary/aromatic N) is 4. The fourth-order valence-corrected chi connectivity index (χ4v) is 10.6. The molecule has 0 saturated carbocycles. The number of carboxylic acid groups (broad SMARTS) is 4. The Labute approximate surface area is 309 Å². The molecule has 0 bridgehead atoms. The molecule has 0 aliphatic carbocycles. The number of amides is 3. The van der Waals surface area contributed by atoms with E-state index < -0.39 is 47.9 Å². The van der Waals surface area contributed by atoms with E-state index in [9.17, 15) is 48.9 Å². The summed E-state index contributed by atoms with van der Waals surface area (Å²) in [5.41, 5.74) is 6.10. The predicted molar refractivity (Wildman–Crippen MR) is 186 cm³/mol. The molecule has 19 nitrogen and oxygen atoms in total. The van der Waals surface area contributed by atoms with Crippen LogP contribution in [0.25, 0.3) is 0 Å². The molecule has 0 aromatic rings. The summed E-state index contributed by atoms with van der Waals surface area (Å²) in [7, 11) is 2.14. The van der Waals surface area contributed by atoms with Crippen molar-refractivity contribution in [3.8, 4) is 0 Å². The number of quaternary nitrogens is 4. The van der Waals surface area contributed by atoms with Gasteiger partial charge in [-0.15, -0.1) is 8.97 Å². The second-order valence-electron chi connectivity index (χ2n) is 15.8. The van der Waals surface area contributed by atoms with E-state index in [2.05, 4.69) is 23.0 Å². The summed E-state index contributed by atoms with van der Waals surface area (Å²) in [6.45, 7) is 5.89. The monoisotopic (exact) mass is 756 g/mol. The average Bonchev–Trinajstić information content (AvgIpc) is 3.69. The standard InChI is InChI=1S/C34H56N8O11/c1-39-14-16-40(18-19-42(24-30(48)49)21-20-41(17-15-39,23-29(46)47)34(39,40)42)22-25(43)8-3-2-4-9-26(35)31(50)36-12-6-5-10-27(32(51)52)38-33(53)37-13-7-11-28(44)45/h26-27H,2-24,35H2,1H3,(H3-4,36,37,38,44,45,46,47,48,49,50,51,52,53)/p+4/t26-,27+,34-,39?,40+,41?,42?/m1/s1. The molecule has 0 radical (unpaired) electrons. The molecular weight excluding hydrogens is 696 g/mol. The molecule has 298 valence electrons. The Kier molecular flexibility index (Phi) is 13.5. The second-order valence-corrected chi connectivity index (χ2v) is 15.8. The molecule has 4 aliphatic heterocycles. The first-order chi connectivity index (χ1) is 25.0. The molecule has 4 fully saturated rings. The van der Waals surface area contributed by atoms with Gasteiger partial charge in [-0.1, -0.05) is 12.8 Å². The van der Waals surface area contributed by atoms with Crippen LogP contribution >= 0.6 is 0 Å². The predicted octanol–water partition coefficient (Wildman–Crippen LogP) is -1.53. The van der Waals surface area contributed by atoms with Crippen molar-refractivity contribution in [2.75, 3.05) is 92.1 Å². The third kappa shape index (κ3) is 8.43. The molecule has 0 aromatic heterocycles. The van der Waals surface area contributed by atoms with Crippen molar-refractivity contribution in [2.45, 2.75) is 82.2 Å². The maximum Gasteiger partial charge on any atom is 0.482 e. The summed E-state index contributed by atoms with van der Waals surface area (Å²) in [6.07, 6.45) is 3.86. The molecule has 4 saturated heterocycles. The van der Waals surface area contributed by atoms with E-state index in [0.717, 1.165) is 19.6 Å². The van der Waals surface area contributed by atoms with Gasteiger partial charge in [-0.05, 0) is 38.5 Å². The number of Topliss-reactive ketones (excluding diaryl/α,β-unsaturated/α-hetero) is 1. The largest absolute Gasteiger partial charge is 0.482 e. The van der Waals surface area contributed by atoms with Crippen molar-refractivity contribution < 1.29 is 71.9 Å². The lowest BCUT2D eigenvalue weighted by atomic mass is 10.0. The number of carbonyl (C=O) groups is 7. The highest BCUT2D eigenvalue weighted by Gasteiger charge is 2.98. The van der Waals surface area contributed by atoms with Gasteiger partial charge in [-0.3, -0.25) is 14.4 Å². The van der Waals surface area contributed by atoms with E-state index in [1.54, 1.807) is 0 Å². The summed E-state index contributed by atoms with van der Waals surface area (Å²) in [5, 5.41) is 45.7. The Balaban J connectivity index is 1.18. The van der Waals surface area contributed by atoms with Crippen molar-refractivity contribution in [3.63, 3.8) is 0 Å². The first-order valence-electron chi connectivity index (χ1n) is 18.9. The fraction of sp³-hybridized carbons (Fsp3) is 0.794. The number of hydrogen-bond acceptors (Lipinski definition) is 8. The van der Waals surface area contributed by atoms with Gasteiger partial charge in [0.25, 0.3) is 0 Å². The number of carboxylic acids is 4. The summed E-state index contributed by atoms with van der Waals surface area (Å²) in [4.78, 5) is 84.7. The minimum absolute atomic E-state index is 0.0713. The van der Waals surface area contributed by atoms with E-state index in [1.807, 2.05) is 0 Å². The zero-order valence-corrected chi connectivity index (χ0v) is 30.9. The fourth-order valence-electron chi connectivity index (χ4n) is 10.6. The van der Waals surface area contributed by atoms with Crippen LogP contribution in [0.3, 0.4) is 0 Å². The van der Waals surface area contributed by atoms with Crippen molar-refractivity contribution in [1.82, 2.24) is 16.0 Å². The Morgan fingerprint density at radius 1 is 0.623 bits per heavy atom. The zero-order valence-electron chi connectivity index (χ0n) is 30.9. The van der Waals surface area contributed by atoms with Crippen LogP contribution in [0.5, 0.6) is 0 Å². The van der Waals surface area contributed by atoms with Crippen molar-refractivity contribution in [3.05, 3.63) is 0 Å². The van der Waals surface area contributed by atoms with Gasteiger partial charge in [0.15, 0.2) is 25.4 Å². The van der Waals surface area contributed by atoms with Crippen LogP contribution in [-0.4, -0.2) is 190 Å². The van der Waals surface area contributed by atoms with E-state index in [0.29, 0.717) is 95.6 Å².